The second-order valence-corrected chi connectivity index (χ2v) is 17.3. The highest BCUT2D eigenvalue weighted by molar-refractivity contribution is 7.89. The van der Waals surface area contributed by atoms with Crippen molar-refractivity contribution in [1.82, 2.24) is 30.5 Å². The molecule has 2 heterocycles. The number of amides is 5. The molecule has 5 atom stereocenters. The number of hydrogen-bond acceptors (Lipinski definition) is 7. The zero-order valence-electron chi connectivity index (χ0n) is 29.4. The van der Waals surface area contributed by atoms with Gasteiger partial charge in [-0.3, -0.25) is 19.2 Å². The first kappa shape index (κ1) is 41.2. The summed E-state index contributed by atoms with van der Waals surface area (Å²) >= 11 is 0. The van der Waals surface area contributed by atoms with E-state index in [1.54, 1.807) is 20.8 Å². The summed E-state index contributed by atoms with van der Waals surface area (Å²) in [6.07, 6.45) is -6.09. The lowest BCUT2D eigenvalue weighted by Crippen LogP contribution is -2.62. The fourth-order valence-electron chi connectivity index (χ4n) is 5.99. The molecule has 0 saturated carbocycles. The number of hydrogen-bond donors (Lipinski definition) is 4. The Morgan fingerprint density at radius 3 is 1.96 bits per heavy atom. The normalized spacial score (nSPS) is 22.1. The molecular weight excluding hydrogens is 657 g/mol. The lowest BCUT2D eigenvalue weighted by Gasteiger charge is -2.38. The molecule has 0 aromatic rings. The Labute approximate surface area is 281 Å². The number of Topliss-reactive ketones (excluding diaryl/α,β-unsaturated/α-hetero) is 1. The third-order valence-corrected chi connectivity index (χ3v) is 10.9. The number of alkyl halides is 3. The van der Waals surface area contributed by atoms with Crippen molar-refractivity contribution in [3.63, 3.8) is 0 Å². The number of nitrogens with one attached hydrogen (secondary N) is 4. The summed E-state index contributed by atoms with van der Waals surface area (Å²) in [6, 6.07) is -5.49. The fourth-order valence-corrected chi connectivity index (χ4v) is 7.53. The van der Waals surface area contributed by atoms with Crippen LogP contribution >= 0.6 is 0 Å². The smallest absolute Gasteiger partial charge is 0.353 e. The SMILES string of the molecule is CNC(=O)C(=O)C(CCC(F)(F)F)NC(=O)[C@@H]1[C@@H](C(C)C)CCN1C(=O)[C@@H](NC(=O)N[C@H](CN1CCCS1(=O)=O)C(C)(C)C)C(C)(C)C. The molecule has 4 N–H and O–H groups in total. The van der Waals surface area contributed by atoms with Gasteiger partial charge in [-0.2, -0.15) is 17.5 Å². The van der Waals surface area contributed by atoms with Crippen molar-refractivity contribution in [3.05, 3.63) is 0 Å². The summed E-state index contributed by atoms with van der Waals surface area (Å²) in [6.45, 7) is 14.8. The summed E-state index contributed by atoms with van der Waals surface area (Å²) in [5, 5.41) is 9.96. The summed E-state index contributed by atoms with van der Waals surface area (Å²) < 4.78 is 65.5. The van der Waals surface area contributed by atoms with E-state index in [-0.39, 0.29) is 24.8 Å². The number of carbonyl (C=O) groups is 5. The molecule has 17 heteroatoms. The first-order valence-electron chi connectivity index (χ1n) is 16.3. The maximum atomic E-state index is 14.2. The Balaban J connectivity index is 2.36. The highest BCUT2D eigenvalue weighted by Gasteiger charge is 2.48. The molecule has 48 heavy (non-hydrogen) atoms. The second kappa shape index (κ2) is 15.7. The molecule has 2 aliphatic rings. The van der Waals surface area contributed by atoms with Gasteiger partial charge in [-0.25, -0.2) is 13.2 Å². The van der Waals surface area contributed by atoms with Gasteiger partial charge in [0.25, 0.3) is 5.91 Å². The van der Waals surface area contributed by atoms with Gasteiger partial charge in [0.2, 0.25) is 27.6 Å². The molecule has 0 aromatic carbocycles. The van der Waals surface area contributed by atoms with Crippen molar-refractivity contribution in [2.75, 3.05) is 32.4 Å². The molecule has 0 radical (unpaired) electrons. The molecule has 13 nitrogen and oxygen atoms in total. The number of ketones is 1. The average molecular weight is 711 g/mol. The number of halogens is 3. The Morgan fingerprint density at radius 2 is 1.50 bits per heavy atom. The van der Waals surface area contributed by atoms with Crippen LogP contribution in [0.15, 0.2) is 0 Å². The van der Waals surface area contributed by atoms with E-state index in [4.69, 9.17) is 0 Å². The lowest BCUT2D eigenvalue weighted by atomic mass is 9.84. The van der Waals surface area contributed by atoms with Crippen LogP contribution in [0.1, 0.15) is 81.1 Å². The highest BCUT2D eigenvalue weighted by Crippen LogP contribution is 2.34. The van der Waals surface area contributed by atoms with Crippen molar-refractivity contribution in [2.24, 2.45) is 22.7 Å². The van der Waals surface area contributed by atoms with Gasteiger partial charge in [-0.1, -0.05) is 55.4 Å². The fraction of sp³-hybridized carbons (Fsp3) is 0.839. The number of rotatable bonds is 12. The van der Waals surface area contributed by atoms with Crippen molar-refractivity contribution in [1.29, 1.82) is 0 Å². The molecule has 2 fully saturated rings. The number of nitrogens with zero attached hydrogens (tertiary/aromatic N) is 2. The van der Waals surface area contributed by atoms with Crippen molar-refractivity contribution in [3.8, 4) is 0 Å². The van der Waals surface area contributed by atoms with Crippen LogP contribution in [0.3, 0.4) is 0 Å². The summed E-state index contributed by atoms with van der Waals surface area (Å²) in [4.78, 5) is 67.5. The van der Waals surface area contributed by atoms with Crippen LogP contribution in [0.4, 0.5) is 18.0 Å². The van der Waals surface area contributed by atoms with Crippen LogP contribution in [0.25, 0.3) is 0 Å². The summed E-state index contributed by atoms with van der Waals surface area (Å²) in [5.41, 5.74) is -1.45. The predicted molar refractivity (Wildman–Crippen MR) is 173 cm³/mol. The van der Waals surface area contributed by atoms with Gasteiger partial charge in [0, 0.05) is 39.1 Å². The number of likely N-dealkylation sites (tertiary alicyclic amines) is 1. The molecule has 0 bridgehead atoms. The van der Waals surface area contributed by atoms with Gasteiger partial charge in [-0.15, -0.1) is 0 Å². The lowest BCUT2D eigenvalue weighted by molar-refractivity contribution is -0.147. The molecule has 2 saturated heterocycles. The van der Waals surface area contributed by atoms with Gasteiger partial charge >= 0.3 is 12.2 Å². The third kappa shape index (κ3) is 11.0. The van der Waals surface area contributed by atoms with Crippen molar-refractivity contribution >= 4 is 39.6 Å². The largest absolute Gasteiger partial charge is 0.389 e. The predicted octanol–water partition coefficient (Wildman–Crippen LogP) is 2.17. The number of carbonyl (C=O) groups excluding carboxylic acids is 5. The monoisotopic (exact) mass is 710 g/mol. The first-order valence-corrected chi connectivity index (χ1v) is 17.9. The van der Waals surface area contributed by atoms with Gasteiger partial charge in [-0.05, 0) is 41.9 Å². The first-order chi connectivity index (χ1) is 21.8. The van der Waals surface area contributed by atoms with E-state index in [9.17, 15) is 45.6 Å². The number of sulfonamides is 1. The van der Waals surface area contributed by atoms with Crippen LogP contribution in [-0.2, 0) is 29.2 Å². The zero-order valence-corrected chi connectivity index (χ0v) is 30.2. The quantitative estimate of drug-likeness (QED) is 0.225. The Morgan fingerprint density at radius 1 is 0.896 bits per heavy atom. The maximum absolute atomic E-state index is 14.2. The second-order valence-electron chi connectivity index (χ2n) is 15.2. The third-order valence-electron chi connectivity index (χ3n) is 8.98. The van der Waals surface area contributed by atoms with Gasteiger partial charge in [0.05, 0.1) is 11.8 Å². The Bertz CT molecular complexity index is 1310. The van der Waals surface area contributed by atoms with Crippen LogP contribution in [0.2, 0.25) is 0 Å². The molecule has 0 aliphatic carbocycles. The summed E-state index contributed by atoms with van der Waals surface area (Å²) in [7, 11) is -2.30. The van der Waals surface area contributed by atoms with Crippen LogP contribution < -0.4 is 21.3 Å². The minimum Gasteiger partial charge on any atom is -0.353 e. The molecule has 2 aliphatic heterocycles. The standard InChI is InChI=1S/C31H53F3N6O7S/c1-18(2)19-12-15-40(22(19)25(42)36-20(11-13-31(32,33)34)23(41)26(43)35-9)27(44)24(30(6,7)8)38-28(45)37-21(29(3,4)5)17-39-14-10-16-48(39,46)47/h18-22,24H,10-17H2,1-9H3,(H,35,43)(H,36,42)(H2,37,38,45)/t19-,20?,21-,22+,24-/m1/s1. The van der Waals surface area contributed by atoms with Gasteiger partial charge in [0.15, 0.2) is 0 Å². The van der Waals surface area contributed by atoms with Crippen molar-refractivity contribution in [2.45, 2.75) is 111 Å². The molecule has 1 unspecified atom stereocenters. The van der Waals surface area contributed by atoms with Crippen molar-refractivity contribution < 1.29 is 45.6 Å². The minimum atomic E-state index is -4.65. The van der Waals surface area contributed by atoms with Crippen LogP contribution in [0.5, 0.6) is 0 Å². The number of likely N-dealkylation sites (N-methyl/N-ethyl adjacent to an activating group) is 1. The molecule has 5 amide bonds. The Kier molecular flexibility index (Phi) is 13.5. The zero-order chi connectivity index (χ0) is 37.0. The van der Waals surface area contributed by atoms with E-state index in [0.717, 1.165) is 7.05 Å². The van der Waals surface area contributed by atoms with Crippen LogP contribution in [-0.4, -0.2) is 110 Å². The van der Waals surface area contributed by atoms with E-state index in [1.165, 1.54) is 9.21 Å². The molecule has 276 valence electrons. The van der Waals surface area contributed by atoms with Gasteiger partial charge < -0.3 is 26.2 Å². The average Bonchev–Trinajstić information content (AvgIpc) is 3.53. The topological polar surface area (TPSA) is 174 Å². The van der Waals surface area contributed by atoms with E-state index in [2.05, 4.69) is 21.3 Å². The summed E-state index contributed by atoms with van der Waals surface area (Å²) in [5.74, 6) is -4.45. The molecular formula is C31H53F3N6O7S. The Hall–Kier alpha value is -2.95. The minimum absolute atomic E-state index is 0.0294. The van der Waals surface area contributed by atoms with E-state index >= 15 is 0 Å². The highest BCUT2D eigenvalue weighted by atomic mass is 32.2. The molecule has 0 spiro atoms. The maximum Gasteiger partial charge on any atom is 0.389 e. The molecule has 2 rings (SSSR count). The van der Waals surface area contributed by atoms with E-state index in [1.807, 2.05) is 34.6 Å². The number of urea groups is 1. The van der Waals surface area contributed by atoms with Gasteiger partial charge in [0.1, 0.15) is 12.1 Å². The van der Waals surface area contributed by atoms with E-state index < -0.39 is 99.5 Å². The van der Waals surface area contributed by atoms with Crippen LogP contribution in [0, 0.1) is 22.7 Å². The molecule has 0 aromatic heterocycles. The van der Waals surface area contributed by atoms with E-state index in [0.29, 0.717) is 19.4 Å².